The van der Waals surface area contributed by atoms with Gasteiger partial charge in [-0.25, -0.2) is 9.59 Å². The second-order valence-corrected chi connectivity index (χ2v) is 6.18. The van der Waals surface area contributed by atoms with E-state index in [2.05, 4.69) is 10.6 Å². The van der Waals surface area contributed by atoms with E-state index in [0.29, 0.717) is 5.00 Å². The molecule has 1 saturated carbocycles. The lowest BCUT2D eigenvalue weighted by Crippen LogP contribution is -2.39. The van der Waals surface area contributed by atoms with Crippen LogP contribution in [0.15, 0.2) is 6.07 Å². The number of aromatic carboxylic acids is 1. The molecule has 0 saturated heterocycles. The number of aryl methyl sites for hydroxylation is 1. The molecule has 0 aromatic carbocycles. The average molecular weight is 296 g/mol. The summed E-state index contributed by atoms with van der Waals surface area (Å²) < 4.78 is 0. The molecule has 1 aromatic heterocycles. The first-order chi connectivity index (χ1) is 9.60. The Bertz CT molecular complexity index is 493. The van der Waals surface area contributed by atoms with E-state index in [1.54, 1.807) is 6.07 Å². The van der Waals surface area contributed by atoms with E-state index in [-0.39, 0.29) is 17.6 Å². The van der Waals surface area contributed by atoms with Crippen molar-refractivity contribution in [2.24, 2.45) is 0 Å². The number of carbonyl (C=O) groups excluding carboxylic acids is 1. The second kappa shape index (κ2) is 6.74. The molecule has 3 N–H and O–H groups in total. The van der Waals surface area contributed by atoms with Crippen LogP contribution in [-0.4, -0.2) is 23.1 Å². The van der Waals surface area contributed by atoms with Crippen LogP contribution in [0.5, 0.6) is 0 Å². The summed E-state index contributed by atoms with van der Waals surface area (Å²) in [6, 6.07) is 1.54. The van der Waals surface area contributed by atoms with Gasteiger partial charge in [-0.1, -0.05) is 26.2 Å². The average Bonchev–Trinajstić information content (AvgIpc) is 2.83. The highest BCUT2D eigenvalue weighted by atomic mass is 32.1. The quantitative estimate of drug-likeness (QED) is 0.796. The van der Waals surface area contributed by atoms with Gasteiger partial charge in [0.15, 0.2) is 0 Å². The largest absolute Gasteiger partial charge is 0.478 e. The molecular weight excluding hydrogens is 276 g/mol. The fraction of sp³-hybridized carbons (Fsp3) is 0.571. The molecule has 0 aliphatic heterocycles. The standard InChI is InChI=1S/C14H20N2O3S/c1-2-10-8-11(13(17)18)12(20-10)16-14(19)15-9-6-4-3-5-7-9/h8-9H,2-7H2,1H3,(H,17,18)(H2,15,16,19). The minimum Gasteiger partial charge on any atom is -0.478 e. The van der Waals surface area contributed by atoms with Crippen LogP contribution in [0.1, 0.15) is 54.3 Å². The summed E-state index contributed by atoms with van der Waals surface area (Å²) >= 11 is 1.33. The van der Waals surface area contributed by atoms with Gasteiger partial charge in [-0.3, -0.25) is 5.32 Å². The number of rotatable bonds is 4. The Hall–Kier alpha value is -1.56. The van der Waals surface area contributed by atoms with Gasteiger partial charge in [-0.15, -0.1) is 11.3 Å². The molecule has 5 nitrogen and oxygen atoms in total. The molecule has 2 rings (SSSR count). The van der Waals surface area contributed by atoms with Crippen LogP contribution < -0.4 is 10.6 Å². The monoisotopic (exact) mass is 296 g/mol. The fourth-order valence-electron chi connectivity index (χ4n) is 2.44. The van der Waals surface area contributed by atoms with Crippen LogP contribution >= 0.6 is 11.3 Å². The molecule has 0 spiro atoms. The molecule has 20 heavy (non-hydrogen) atoms. The highest BCUT2D eigenvalue weighted by Gasteiger charge is 2.19. The van der Waals surface area contributed by atoms with Gasteiger partial charge in [0.05, 0.1) is 5.56 Å². The van der Waals surface area contributed by atoms with Gasteiger partial charge in [0, 0.05) is 10.9 Å². The molecule has 2 amide bonds. The lowest BCUT2D eigenvalue weighted by Gasteiger charge is -2.22. The number of amides is 2. The molecule has 1 heterocycles. The maximum absolute atomic E-state index is 11.9. The van der Waals surface area contributed by atoms with Crippen molar-refractivity contribution in [3.05, 3.63) is 16.5 Å². The molecule has 1 aliphatic rings. The number of carboxylic acid groups (broad SMARTS) is 1. The first kappa shape index (κ1) is 14.8. The molecule has 6 heteroatoms. The van der Waals surface area contributed by atoms with Crippen LogP contribution in [0.4, 0.5) is 9.80 Å². The number of thiophene rings is 1. The second-order valence-electron chi connectivity index (χ2n) is 5.05. The van der Waals surface area contributed by atoms with Gasteiger partial charge in [-0.2, -0.15) is 0 Å². The Balaban J connectivity index is 1.99. The third kappa shape index (κ3) is 3.72. The van der Waals surface area contributed by atoms with Gasteiger partial charge in [0.1, 0.15) is 5.00 Å². The SMILES string of the molecule is CCc1cc(C(=O)O)c(NC(=O)NC2CCCCC2)s1. The molecule has 1 aromatic rings. The van der Waals surface area contributed by atoms with Crippen LogP contribution in [-0.2, 0) is 6.42 Å². The topological polar surface area (TPSA) is 78.4 Å². The van der Waals surface area contributed by atoms with Crippen molar-refractivity contribution in [3.63, 3.8) is 0 Å². The molecular formula is C14H20N2O3S. The Labute approximate surface area is 122 Å². The summed E-state index contributed by atoms with van der Waals surface area (Å²) in [6.07, 6.45) is 6.28. The number of carbonyl (C=O) groups is 2. The minimum absolute atomic E-state index is 0.172. The first-order valence-corrected chi connectivity index (χ1v) is 7.85. The van der Waals surface area contributed by atoms with Gasteiger partial charge < -0.3 is 10.4 Å². The lowest BCUT2D eigenvalue weighted by molar-refractivity contribution is 0.0698. The summed E-state index contributed by atoms with van der Waals surface area (Å²) in [4.78, 5) is 24.1. The summed E-state index contributed by atoms with van der Waals surface area (Å²) in [5, 5.41) is 15.2. The minimum atomic E-state index is -1.01. The van der Waals surface area contributed by atoms with Crippen molar-refractivity contribution in [1.82, 2.24) is 5.32 Å². The van der Waals surface area contributed by atoms with Gasteiger partial charge in [0.25, 0.3) is 0 Å². The fourth-order valence-corrected chi connectivity index (χ4v) is 3.42. The Kier molecular flexibility index (Phi) is 5.00. The zero-order valence-electron chi connectivity index (χ0n) is 11.6. The molecule has 0 bridgehead atoms. The van der Waals surface area contributed by atoms with Crippen LogP contribution in [0.3, 0.4) is 0 Å². The Morgan fingerprint density at radius 3 is 2.65 bits per heavy atom. The highest BCUT2D eigenvalue weighted by Crippen LogP contribution is 2.28. The van der Waals surface area contributed by atoms with Crippen molar-refractivity contribution in [2.45, 2.75) is 51.5 Å². The number of urea groups is 1. The zero-order chi connectivity index (χ0) is 14.5. The maximum Gasteiger partial charge on any atom is 0.338 e. The number of hydrogen-bond donors (Lipinski definition) is 3. The molecule has 110 valence electrons. The van der Waals surface area contributed by atoms with Gasteiger partial charge >= 0.3 is 12.0 Å². The van der Waals surface area contributed by atoms with Crippen molar-refractivity contribution >= 4 is 28.3 Å². The van der Waals surface area contributed by atoms with E-state index < -0.39 is 5.97 Å². The number of nitrogens with one attached hydrogen (secondary N) is 2. The van der Waals surface area contributed by atoms with E-state index in [1.165, 1.54) is 17.8 Å². The van der Waals surface area contributed by atoms with Gasteiger partial charge in [0.2, 0.25) is 0 Å². The van der Waals surface area contributed by atoms with Gasteiger partial charge in [-0.05, 0) is 25.3 Å². The predicted molar refractivity (Wildman–Crippen MR) is 79.7 cm³/mol. The van der Waals surface area contributed by atoms with Crippen molar-refractivity contribution in [1.29, 1.82) is 0 Å². The third-order valence-corrected chi connectivity index (χ3v) is 4.72. The van der Waals surface area contributed by atoms with E-state index >= 15 is 0 Å². The molecule has 1 aliphatic carbocycles. The number of hydrogen-bond acceptors (Lipinski definition) is 3. The number of anilines is 1. The molecule has 0 unspecified atom stereocenters. The van der Waals surface area contributed by atoms with E-state index in [0.717, 1.165) is 37.0 Å². The normalized spacial score (nSPS) is 15.8. The smallest absolute Gasteiger partial charge is 0.338 e. The Morgan fingerprint density at radius 2 is 2.05 bits per heavy atom. The van der Waals surface area contributed by atoms with Crippen molar-refractivity contribution in [3.8, 4) is 0 Å². The lowest BCUT2D eigenvalue weighted by atomic mass is 9.96. The molecule has 1 fully saturated rings. The molecule has 0 radical (unpaired) electrons. The molecule has 0 atom stereocenters. The van der Waals surface area contributed by atoms with Crippen LogP contribution in [0.2, 0.25) is 0 Å². The summed E-state index contributed by atoms with van der Waals surface area (Å²) in [5.74, 6) is -1.01. The summed E-state index contributed by atoms with van der Waals surface area (Å²) in [5.41, 5.74) is 0.172. The predicted octanol–water partition coefficient (Wildman–Crippen LogP) is 3.46. The van der Waals surface area contributed by atoms with E-state index in [1.807, 2.05) is 6.92 Å². The number of carboxylic acids is 1. The van der Waals surface area contributed by atoms with Crippen molar-refractivity contribution < 1.29 is 14.7 Å². The van der Waals surface area contributed by atoms with Crippen molar-refractivity contribution in [2.75, 3.05) is 5.32 Å². The van der Waals surface area contributed by atoms with Crippen LogP contribution in [0, 0.1) is 0 Å². The zero-order valence-corrected chi connectivity index (χ0v) is 12.4. The van der Waals surface area contributed by atoms with E-state index in [4.69, 9.17) is 5.11 Å². The summed E-state index contributed by atoms with van der Waals surface area (Å²) in [7, 11) is 0. The first-order valence-electron chi connectivity index (χ1n) is 7.03. The van der Waals surface area contributed by atoms with E-state index in [9.17, 15) is 9.59 Å². The Morgan fingerprint density at radius 1 is 1.35 bits per heavy atom. The summed E-state index contributed by atoms with van der Waals surface area (Å²) in [6.45, 7) is 1.96. The maximum atomic E-state index is 11.9. The third-order valence-electron chi connectivity index (χ3n) is 3.53. The highest BCUT2D eigenvalue weighted by molar-refractivity contribution is 7.16. The van der Waals surface area contributed by atoms with Crippen LogP contribution in [0.25, 0.3) is 0 Å².